The van der Waals surface area contributed by atoms with Crippen molar-refractivity contribution in [3.63, 3.8) is 0 Å². The van der Waals surface area contributed by atoms with E-state index in [1.807, 2.05) is 6.92 Å². The van der Waals surface area contributed by atoms with Crippen molar-refractivity contribution >= 4 is 0 Å². The van der Waals surface area contributed by atoms with Gasteiger partial charge in [0.25, 0.3) is 5.92 Å². The fourth-order valence-corrected chi connectivity index (χ4v) is 1.51. The quantitative estimate of drug-likeness (QED) is 0.495. The lowest BCUT2D eigenvalue weighted by atomic mass is 9.81. The molecule has 0 aliphatic heterocycles. The van der Waals surface area contributed by atoms with Gasteiger partial charge in [0.15, 0.2) is 0 Å². The molecule has 0 aromatic carbocycles. The third-order valence-corrected chi connectivity index (χ3v) is 2.43. The zero-order valence-corrected chi connectivity index (χ0v) is 6.53. The van der Waals surface area contributed by atoms with Gasteiger partial charge in [0.1, 0.15) is 0 Å². The summed E-state index contributed by atoms with van der Waals surface area (Å²) in [5.41, 5.74) is 0. The summed E-state index contributed by atoms with van der Waals surface area (Å²) in [5, 5.41) is 0. The molecule has 0 bridgehead atoms. The molecule has 0 nitrogen and oxygen atoms in total. The van der Waals surface area contributed by atoms with Crippen LogP contribution in [-0.2, 0) is 0 Å². The molecule has 0 radical (unpaired) electrons. The molecule has 2 heteroatoms. The van der Waals surface area contributed by atoms with Crippen molar-refractivity contribution in [1.29, 1.82) is 0 Å². The molecule has 0 heterocycles. The van der Waals surface area contributed by atoms with E-state index in [4.69, 9.17) is 0 Å². The molecular formula is C8H14F2. The van der Waals surface area contributed by atoms with E-state index < -0.39 is 11.8 Å². The van der Waals surface area contributed by atoms with Crippen LogP contribution in [0.5, 0.6) is 0 Å². The van der Waals surface area contributed by atoms with E-state index in [0.717, 1.165) is 6.42 Å². The molecular weight excluding hydrogens is 134 g/mol. The van der Waals surface area contributed by atoms with Crippen LogP contribution in [0.2, 0.25) is 0 Å². The Hall–Kier alpha value is -0.140. The molecule has 0 amide bonds. The van der Waals surface area contributed by atoms with E-state index in [-0.39, 0.29) is 12.3 Å². The fourth-order valence-electron chi connectivity index (χ4n) is 1.51. The highest BCUT2D eigenvalue weighted by molar-refractivity contribution is 4.81. The normalized spacial score (nSPS) is 39.6. The summed E-state index contributed by atoms with van der Waals surface area (Å²) in [6.07, 6.45) is 1.75. The van der Waals surface area contributed by atoms with Gasteiger partial charge in [0.2, 0.25) is 0 Å². The number of halogens is 2. The van der Waals surface area contributed by atoms with Gasteiger partial charge in [-0.25, -0.2) is 8.78 Å². The maximum absolute atomic E-state index is 12.8. The van der Waals surface area contributed by atoms with Crippen molar-refractivity contribution in [2.75, 3.05) is 0 Å². The average Bonchev–Trinajstić information content (AvgIpc) is 1.78. The number of hydrogen-bond donors (Lipinski definition) is 0. The first-order chi connectivity index (χ1) is 4.52. The Kier molecular flexibility index (Phi) is 1.97. The Labute approximate surface area is 60.6 Å². The molecule has 0 aromatic heterocycles. The van der Waals surface area contributed by atoms with Crippen molar-refractivity contribution in [3.8, 4) is 0 Å². The standard InChI is InChI=1S/C8H14F2/c1-6-3-4-7(2)8(9,10)5-6/h6-7H,3-5H2,1-2H3/t6-,7+/m0/s1. The Balaban J connectivity index is 2.55. The lowest BCUT2D eigenvalue weighted by molar-refractivity contribution is -0.0927. The molecule has 0 N–H and O–H groups in total. The van der Waals surface area contributed by atoms with Crippen LogP contribution in [-0.4, -0.2) is 5.92 Å². The zero-order chi connectivity index (χ0) is 7.78. The lowest BCUT2D eigenvalue weighted by Crippen LogP contribution is -2.32. The zero-order valence-electron chi connectivity index (χ0n) is 6.53. The summed E-state index contributed by atoms with van der Waals surface area (Å²) in [7, 11) is 0. The molecule has 10 heavy (non-hydrogen) atoms. The molecule has 60 valence electrons. The van der Waals surface area contributed by atoms with Crippen molar-refractivity contribution < 1.29 is 8.78 Å². The number of alkyl halides is 2. The van der Waals surface area contributed by atoms with Crippen molar-refractivity contribution in [2.45, 2.75) is 39.0 Å². The van der Waals surface area contributed by atoms with E-state index >= 15 is 0 Å². The summed E-state index contributed by atoms with van der Waals surface area (Å²) >= 11 is 0. The summed E-state index contributed by atoms with van der Waals surface area (Å²) in [6.45, 7) is 3.55. The van der Waals surface area contributed by atoms with Crippen LogP contribution >= 0.6 is 0 Å². The Morgan fingerprint density at radius 1 is 1.20 bits per heavy atom. The SMILES string of the molecule is C[C@H]1CC[C@@H](C)C(F)(F)C1. The first-order valence-corrected chi connectivity index (χ1v) is 3.90. The molecule has 1 fully saturated rings. The molecule has 1 aliphatic carbocycles. The second-order valence-electron chi connectivity index (χ2n) is 3.55. The van der Waals surface area contributed by atoms with Gasteiger partial charge in [-0.05, 0) is 12.3 Å². The predicted octanol–water partition coefficient (Wildman–Crippen LogP) is 3.08. The van der Waals surface area contributed by atoms with Crippen molar-refractivity contribution in [1.82, 2.24) is 0 Å². The van der Waals surface area contributed by atoms with E-state index in [1.165, 1.54) is 0 Å². The molecule has 2 atom stereocenters. The van der Waals surface area contributed by atoms with Gasteiger partial charge in [-0.1, -0.05) is 20.3 Å². The van der Waals surface area contributed by atoms with Crippen LogP contribution in [0.3, 0.4) is 0 Å². The first kappa shape index (κ1) is 7.96. The molecule has 0 unspecified atom stereocenters. The summed E-state index contributed by atoms with van der Waals surface area (Å²) in [5.74, 6) is -2.58. The van der Waals surface area contributed by atoms with Crippen LogP contribution in [0, 0.1) is 11.8 Å². The van der Waals surface area contributed by atoms with Crippen LogP contribution in [0.1, 0.15) is 33.1 Å². The molecule has 0 spiro atoms. The average molecular weight is 148 g/mol. The molecule has 1 rings (SSSR count). The minimum Gasteiger partial charge on any atom is -0.207 e. The van der Waals surface area contributed by atoms with Gasteiger partial charge >= 0.3 is 0 Å². The highest BCUT2D eigenvalue weighted by atomic mass is 19.3. The summed E-state index contributed by atoms with van der Waals surface area (Å²) < 4.78 is 25.7. The Morgan fingerprint density at radius 3 is 2.20 bits per heavy atom. The molecule has 0 saturated heterocycles. The van der Waals surface area contributed by atoms with Gasteiger partial charge in [-0.15, -0.1) is 0 Å². The van der Waals surface area contributed by atoms with Gasteiger partial charge in [-0.3, -0.25) is 0 Å². The monoisotopic (exact) mass is 148 g/mol. The largest absolute Gasteiger partial charge is 0.250 e. The Bertz CT molecular complexity index is 120. The first-order valence-electron chi connectivity index (χ1n) is 3.90. The van der Waals surface area contributed by atoms with Crippen LogP contribution in [0.25, 0.3) is 0 Å². The van der Waals surface area contributed by atoms with Gasteiger partial charge in [0, 0.05) is 12.3 Å². The number of hydrogen-bond acceptors (Lipinski definition) is 0. The maximum atomic E-state index is 12.8. The van der Waals surface area contributed by atoms with E-state index in [0.29, 0.717) is 6.42 Å². The third kappa shape index (κ3) is 1.47. The third-order valence-electron chi connectivity index (χ3n) is 2.43. The van der Waals surface area contributed by atoms with Gasteiger partial charge in [0.05, 0.1) is 0 Å². The smallest absolute Gasteiger partial charge is 0.207 e. The summed E-state index contributed by atoms with van der Waals surface area (Å²) in [6, 6.07) is 0. The van der Waals surface area contributed by atoms with Gasteiger partial charge < -0.3 is 0 Å². The highest BCUT2D eigenvalue weighted by Crippen LogP contribution is 2.40. The predicted molar refractivity (Wildman–Crippen MR) is 37.1 cm³/mol. The van der Waals surface area contributed by atoms with E-state index in [2.05, 4.69) is 0 Å². The fraction of sp³-hybridized carbons (Fsp3) is 1.00. The lowest BCUT2D eigenvalue weighted by Gasteiger charge is -2.32. The molecule has 1 saturated carbocycles. The van der Waals surface area contributed by atoms with Crippen LogP contribution in [0.15, 0.2) is 0 Å². The van der Waals surface area contributed by atoms with Crippen molar-refractivity contribution in [3.05, 3.63) is 0 Å². The second kappa shape index (κ2) is 2.48. The summed E-state index contributed by atoms with van der Waals surface area (Å²) in [4.78, 5) is 0. The molecule has 0 aromatic rings. The highest BCUT2D eigenvalue weighted by Gasteiger charge is 2.40. The topological polar surface area (TPSA) is 0 Å². The van der Waals surface area contributed by atoms with E-state index in [9.17, 15) is 8.78 Å². The van der Waals surface area contributed by atoms with Crippen molar-refractivity contribution in [2.24, 2.45) is 11.8 Å². The Morgan fingerprint density at radius 2 is 1.80 bits per heavy atom. The van der Waals surface area contributed by atoms with E-state index in [1.54, 1.807) is 6.92 Å². The van der Waals surface area contributed by atoms with Gasteiger partial charge in [-0.2, -0.15) is 0 Å². The number of rotatable bonds is 0. The molecule has 1 aliphatic rings. The van der Waals surface area contributed by atoms with Crippen LogP contribution < -0.4 is 0 Å². The van der Waals surface area contributed by atoms with Crippen LogP contribution in [0.4, 0.5) is 8.78 Å². The minimum atomic E-state index is -2.39. The maximum Gasteiger partial charge on any atom is 0.250 e. The second-order valence-corrected chi connectivity index (χ2v) is 3.55. The minimum absolute atomic E-state index is 0.0914.